The molecule has 0 heterocycles. The van der Waals surface area contributed by atoms with Crippen molar-refractivity contribution in [2.24, 2.45) is 11.8 Å². The molecule has 0 spiro atoms. The van der Waals surface area contributed by atoms with Crippen molar-refractivity contribution in [3.05, 3.63) is 72.1 Å². The standard InChI is InChI=1S/C21H28F4O/c1-9-26-17(8)21(25)20(24)16(7)14(5)11-10-13(4)15(6)19(23)18(22)12(2)3/h13-14H,2,6-11H2,1,3-5H3/b19-18-,21-20-. The van der Waals surface area contributed by atoms with Gasteiger partial charge in [0.1, 0.15) is 0 Å². The molecule has 0 aliphatic rings. The summed E-state index contributed by atoms with van der Waals surface area (Å²) in [5.74, 6) is -5.52. The molecule has 0 aromatic rings. The molecule has 0 radical (unpaired) electrons. The Labute approximate surface area is 154 Å². The number of allylic oxidation sites excluding steroid dienone is 7. The topological polar surface area (TPSA) is 9.23 Å². The Morgan fingerprint density at radius 2 is 1.15 bits per heavy atom. The monoisotopic (exact) mass is 372 g/mol. The minimum atomic E-state index is -1.18. The van der Waals surface area contributed by atoms with Gasteiger partial charge in [-0.05, 0) is 55.2 Å². The zero-order chi connectivity index (χ0) is 20.6. The van der Waals surface area contributed by atoms with E-state index >= 15 is 0 Å². The van der Waals surface area contributed by atoms with E-state index in [0.29, 0.717) is 12.8 Å². The number of hydrogen-bond donors (Lipinski definition) is 0. The first-order valence-electron chi connectivity index (χ1n) is 8.42. The summed E-state index contributed by atoms with van der Waals surface area (Å²) in [6.45, 7) is 20.4. The van der Waals surface area contributed by atoms with Crippen LogP contribution in [-0.4, -0.2) is 6.61 Å². The van der Waals surface area contributed by atoms with Gasteiger partial charge in [0, 0.05) is 0 Å². The lowest BCUT2D eigenvalue weighted by Crippen LogP contribution is -2.07. The van der Waals surface area contributed by atoms with Crippen LogP contribution in [-0.2, 0) is 4.74 Å². The number of hydrogen-bond acceptors (Lipinski definition) is 1. The average Bonchev–Trinajstić information content (AvgIpc) is 2.61. The van der Waals surface area contributed by atoms with Crippen LogP contribution in [0.1, 0.15) is 40.5 Å². The molecule has 2 atom stereocenters. The van der Waals surface area contributed by atoms with Crippen molar-refractivity contribution >= 4 is 0 Å². The fourth-order valence-electron chi connectivity index (χ4n) is 2.11. The lowest BCUT2D eigenvalue weighted by atomic mass is 9.88. The highest BCUT2D eigenvalue weighted by molar-refractivity contribution is 5.35. The SMILES string of the molecule is C=C(C)/C(F)=C(/F)C(=C)C(C)CCC(C)C(=C)/C(F)=C(/F)C(=C)OCC. The Morgan fingerprint density at radius 1 is 0.769 bits per heavy atom. The summed E-state index contributed by atoms with van der Waals surface area (Å²) in [7, 11) is 0. The van der Waals surface area contributed by atoms with Gasteiger partial charge in [-0.2, -0.15) is 4.39 Å². The summed E-state index contributed by atoms with van der Waals surface area (Å²) in [4.78, 5) is 0. The molecule has 0 aliphatic heterocycles. The van der Waals surface area contributed by atoms with Gasteiger partial charge in [0.2, 0.25) is 0 Å². The third-order valence-corrected chi connectivity index (χ3v) is 4.11. The average molecular weight is 372 g/mol. The van der Waals surface area contributed by atoms with Crippen molar-refractivity contribution in [1.29, 1.82) is 0 Å². The maximum absolute atomic E-state index is 14.1. The zero-order valence-corrected chi connectivity index (χ0v) is 16.0. The second-order valence-electron chi connectivity index (χ2n) is 6.32. The van der Waals surface area contributed by atoms with Crippen molar-refractivity contribution in [3.63, 3.8) is 0 Å². The van der Waals surface area contributed by atoms with Gasteiger partial charge < -0.3 is 4.74 Å². The van der Waals surface area contributed by atoms with Crippen molar-refractivity contribution in [2.45, 2.75) is 40.5 Å². The lowest BCUT2D eigenvalue weighted by molar-refractivity contribution is 0.223. The van der Waals surface area contributed by atoms with Gasteiger partial charge in [0.05, 0.1) is 6.61 Å². The van der Waals surface area contributed by atoms with Crippen molar-refractivity contribution < 1.29 is 22.3 Å². The molecule has 0 aromatic carbocycles. The first kappa shape index (κ1) is 24.0. The van der Waals surface area contributed by atoms with Crippen LogP contribution in [0, 0.1) is 11.8 Å². The maximum Gasteiger partial charge on any atom is 0.200 e. The summed E-state index contributed by atoms with van der Waals surface area (Å²) < 4.78 is 60.4. The molecule has 0 saturated carbocycles. The number of rotatable bonds is 11. The van der Waals surface area contributed by atoms with E-state index in [2.05, 4.69) is 26.3 Å². The molecule has 0 saturated heterocycles. The van der Waals surface area contributed by atoms with Crippen LogP contribution in [0.5, 0.6) is 0 Å². The van der Waals surface area contributed by atoms with Crippen molar-refractivity contribution in [2.75, 3.05) is 6.61 Å². The third kappa shape index (κ3) is 6.70. The van der Waals surface area contributed by atoms with Gasteiger partial charge in [-0.3, -0.25) is 0 Å². The van der Waals surface area contributed by atoms with E-state index in [4.69, 9.17) is 4.74 Å². The molecule has 2 unspecified atom stereocenters. The minimum absolute atomic E-state index is 0.00947. The number of halogens is 4. The van der Waals surface area contributed by atoms with E-state index < -0.39 is 29.2 Å². The van der Waals surface area contributed by atoms with Crippen LogP contribution in [0.4, 0.5) is 17.6 Å². The summed E-state index contributed by atoms with van der Waals surface area (Å²) in [5.41, 5.74) is -0.0460. The van der Waals surface area contributed by atoms with Crippen LogP contribution in [0.15, 0.2) is 72.1 Å². The molecule has 5 heteroatoms. The molecule has 1 nitrogen and oxygen atoms in total. The lowest BCUT2D eigenvalue weighted by Gasteiger charge is -2.18. The fraction of sp³-hybridized carbons (Fsp3) is 0.429. The number of ether oxygens (including phenoxy) is 1. The van der Waals surface area contributed by atoms with Crippen LogP contribution in [0.3, 0.4) is 0 Å². The van der Waals surface area contributed by atoms with E-state index in [0.717, 1.165) is 0 Å². The van der Waals surface area contributed by atoms with Crippen molar-refractivity contribution in [3.8, 4) is 0 Å². The molecule has 26 heavy (non-hydrogen) atoms. The van der Waals surface area contributed by atoms with E-state index in [1.165, 1.54) is 6.92 Å². The highest BCUT2D eigenvalue weighted by Crippen LogP contribution is 2.33. The fourth-order valence-corrected chi connectivity index (χ4v) is 2.11. The Morgan fingerprint density at radius 3 is 1.50 bits per heavy atom. The first-order chi connectivity index (χ1) is 11.9. The second-order valence-corrected chi connectivity index (χ2v) is 6.32. The van der Waals surface area contributed by atoms with Gasteiger partial charge >= 0.3 is 0 Å². The van der Waals surface area contributed by atoms with Crippen LogP contribution in [0.2, 0.25) is 0 Å². The highest BCUT2D eigenvalue weighted by Gasteiger charge is 2.21. The van der Waals surface area contributed by atoms with E-state index in [1.54, 1.807) is 20.8 Å². The molecular formula is C21H28F4O. The molecule has 0 fully saturated rings. The van der Waals surface area contributed by atoms with Crippen LogP contribution < -0.4 is 0 Å². The summed E-state index contributed by atoms with van der Waals surface area (Å²) in [6.07, 6.45) is 0.792. The van der Waals surface area contributed by atoms with Gasteiger partial charge in [0.15, 0.2) is 29.1 Å². The maximum atomic E-state index is 14.1. The minimum Gasteiger partial charge on any atom is -0.491 e. The van der Waals surface area contributed by atoms with Gasteiger partial charge in [-0.1, -0.05) is 40.2 Å². The molecule has 0 rings (SSSR count). The van der Waals surface area contributed by atoms with Gasteiger partial charge in [-0.15, -0.1) is 0 Å². The van der Waals surface area contributed by atoms with Gasteiger partial charge in [0.25, 0.3) is 0 Å². The summed E-state index contributed by atoms with van der Waals surface area (Å²) in [5, 5.41) is 0. The molecule has 146 valence electrons. The molecule has 0 amide bonds. The zero-order valence-electron chi connectivity index (χ0n) is 16.0. The Balaban J connectivity index is 4.96. The van der Waals surface area contributed by atoms with Crippen molar-refractivity contribution in [1.82, 2.24) is 0 Å². The molecule has 0 aliphatic carbocycles. The normalized spacial score (nSPS) is 15.4. The Kier molecular flexibility index (Phi) is 9.99. The predicted octanol–water partition coefficient (Wildman–Crippen LogP) is 7.58. The van der Waals surface area contributed by atoms with E-state index in [9.17, 15) is 17.6 Å². The molecule has 0 bridgehead atoms. The van der Waals surface area contributed by atoms with Gasteiger partial charge in [-0.25, -0.2) is 13.2 Å². The molecular weight excluding hydrogens is 344 g/mol. The Bertz CT molecular complexity index is 640. The van der Waals surface area contributed by atoms with E-state index in [-0.39, 0.29) is 35.0 Å². The molecule has 0 N–H and O–H groups in total. The highest BCUT2D eigenvalue weighted by atomic mass is 19.2. The summed E-state index contributed by atoms with van der Waals surface area (Å²) >= 11 is 0. The Hall–Kier alpha value is -2.04. The van der Waals surface area contributed by atoms with Crippen LogP contribution >= 0.6 is 0 Å². The smallest absolute Gasteiger partial charge is 0.200 e. The second kappa shape index (κ2) is 10.8. The predicted molar refractivity (Wildman–Crippen MR) is 99.9 cm³/mol. The molecule has 0 aromatic heterocycles. The van der Waals surface area contributed by atoms with E-state index in [1.807, 2.05) is 0 Å². The summed E-state index contributed by atoms with van der Waals surface area (Å²) in [6, 6.07) is 0. The first-order valence-corrected chi connectivity index (χ1v) is 8.42. The van der Waals surface area contributed by atoms with Crippen LogP contribution in [0.25, 0.3) is 0 Å². The third-order valence-electron chi connectivity index (χ3n) is 4.11. The quantitative estimate of drug-likeness (QED) is 0.206. The largest absolute Gasteiger partial charge is 0.491 e.